The van der Waals surface area contributed by atoms with Crippen LogP contribution in [-0.2, 0) is 27.9 Å². The maximum absolute atomic E-state index is 12.2. The number of nitrogens with one attached hydrogen (secondary N) is 1. The van der Waals surface area contributed by atoms with E-state index >= 15 is 0 Å². The van der Waals surface area contributed by atoms with Crippen molar-refractivity contribution in [1.82, 2.24) is 15.5 Å². The number of rotatable bonds is 10. The molecule has 2 heterocycles. The number of carbonyl (C=O) groups is 1. The Balaban J connectivity index is 1.41. The van der Waals surface area contributed by atoms with Gasteiger partial charge in [0.1, 0.15) is 6.61 Å². The molecular weight excluding hydrogens is 398 g/mol. The van der Waals surface area contributed by atoms with E-state index in [2.05, 4.69) is 15.5 Å². The molecule has 31 heavy (non-hydrogen) atoms. The third kappa shape index (κ3) is 6.95. The van der Waals surface area contributed by atoms with E-state index in [-0.39, 0.29) is 17.4 Å². The zero-order valence-corrected chi connectivity index (χ0v) is 18.9. The number of aryl methyl sites for hydroxylation is 1. The van der Waals surface area contributed by atoms with E-state index < -0.39 is 0 Å². The highest BCUT2D eigenvalue weighted by Crippen LogP contribution is 2.29. The zero-order valence-electron chi connectivity index (χ0n) is 18.9. The van der Waals surface area contributed by atoms with Crippen molar-refractivity contribution >= 4 is 5.91 Å². The Labute approximate surface area is 183 Å². The van der Waals surface area contributed by atoms with Crippen LogP contribution in [0.4, 0.5) is 0 Å². The summed E-state index contributed by atoms with van der Waals surface area (Å²) in [6.07, 6.45) is 3.88. The summed E-state index contributed by atoms with van der Waals surface area (Å²) in [5, 5.41) is 6.94. The van der Waals surface area contributed by atoms with Gasteiger partial charge in [-0.3, -0.25) is 4.79 Å². The molecule has 1 saturated heterocycles. The lowest BCUT2D eigenvalue weighted by atomic mass is 9.96. The number of aromatic nitrogens is 2. The summed E-state index contributed by atoms with van der Waals surface area (Å²) < 4.78 is 22.2. The van der Waals surface area contributed by atoms with Gasteiger partial charge in [-0.05, 0) is 37.0 Å². The van der Waals surface area contributed by atoms with Crippen molar-refractivity contribution in [3.8, 4) is 11.5 Å². The van der Waals surface area contributed by atoms with Gasteiger partial charge in [0.25, 0.3) is 0 Å². The molecule has 1 fully saturated rings. The third-order valence-corrected chi connectivity index (χ3v) is 5.10. The van der Waals surface area contributed by atoms with E-state index in [1.165, 1.54) is 0 Å². The van der Waals surface area contributed by atoms with Gasteiger partial charge in [0.2, 0.25) is 11.8 Å². The summed E-state index contributed by atoms with van der Waals surface area (Å²) in [5.74, 6) is 2.57. The van der Waals surface area contributed by atoms with Crippen molar-refractivity contribution in [2.45, 2.75) is 70.9 Å². The van der Waals surface area contributed by atoms with Crippen molar-refractivity contribution < 1.29 is 23.5 Å². The number of methoxy groups -OCH3 is 1. The van der Waals surface area contributed by atoms with Crippen LogP contribution in [0.15, 0.2) is 22.7 Å². The molecule has 2 aromatic rings. The van der Waals surface area contributed by atoms with Gasteiger partial charge in [0.05, 0.1) is 13.2 Å². The SMILES string of the molecule is COc1cc(CNC(=O)CCCc2nc(C(C)(C)C)no2)ccc1OCC1CCCO1. The molecule has 1 amide bonds. The minimum atomic E-state index is -0.148. The third-order valence-electron chi connectivity index (χ3n) is 5.10. The van der Waals surface area contributed by atoms with E-state index in [0.717, 1.165) is 25.0 Å². The molecule has 1 aromatic heterocycles. The number of benzene rings is 1. The molecule has 1 atom stereocenters. The summed E-state index contributed by atoms with van der Waals surface area (Å²) in [7, 11) is 1.61. The van der Waals surface area contributed by atoms with Crippen molar-refractivity contribution in [2.75, 3.05) is 20.3 Å². The predicted octanol–water partition coefficient (Wildman–Crippen LogP) is 3.57. The molecule has 3 rings (SSSR count). The summed E-state index contributed by atoms with van der Waals surface area (Å²) in [6, 6.07) is 5.69. The largest absolute Gasteiger partial charge is 0.493 e. The Morgan fingerprint density at radius 2 is 2.13 bits per heavy atom. The first-order chi connectivity index (χ1) is 14.8. The number of carbonyl (C=O) groups excluding carboxylic acids is 1. The minimum absolute atomic E-state index is 0.0202. The molecule has 0 aliphatic carbocycles. The van der Waals surface area contributed by atoms with Crippen LogP contribution >= 0.6 is 0 Å². The number of ether oxygens (including phenoxy) is 3. The minimum Gasteiger partial charge on any atom is -0.493 e. The van der Waals surface area contributed by atoms with Crippen LogP contribution in [0.3, 0.4) is 0 Å². The molecule has 170 valence electrons. The fourth-order valence-corrected chi connectivity index (χ4v) is 3.25. The second kappa shape index (κ2) is 10.6. The average molecular weight is 432 g/mol. The normalized spacial score (nSPS) is 16.3. The van der Waals surface area contributed by atoms with E-state index in [4.69, 9.17) is 18.7 Å². The summed E-state index contributed by atoms with van der Waals surface area (Å²) in [4.78, 5) is 16.6. The lowest BCUT2D eigenvalue weighted by Gasteiger charge is -2.15. The summed E-state index contributed by atoms with van der Waals surface area (Å²) >= 11 is 0. The monoisotopic (exact) mass is 431 g/mol. The zero-order chi connectivity index (χ0) is 22.3. The lowest BCUT2D eigenvalue weighted by molar-refractivity contribution is -0.121. The Morgan fingerprint density at radius 1 is 1.29 bits per heavy atom. The smallest absolute Gasteiger partial charge is 0.226 e. The molecule has 1 aliphatic heterocycles. The van der Waals surface area contributed by atoms with E-state index in [1.807, 2.05) is 39.0 Å². The molecule has 1 unspecified atom stereocenters. The Kier molecular flexibility index (Phi) is 7.90. The van der Waals surface area contributed by atoms with Gasteiger partial charge in [-0.25, -0.2) is 0 Å². The molecule has 0 spiro atoms. The predicted molar refractivity (Wildman–Crippen MR) is 115 cm³/mol. The lowest BCUT2D eigenvalue weighted by Crippen LogP contribution is -2.22. The second-order valence-corrected chi connectivity index (χ2v) is 8.82. The van der Waals surface area contributed by atoms with Gasteiger partial charge in [-0.1, -0.05) is 32.0 Å². The molecule has 0 bridgehead atoms. The summed E-state index contributed by atoms with van der Waals surface area (Å²) in [5.41, 5.74) is 0.798. The van der Waals surface area contributed by atoms with E-state index in [0.29, 0.717) is 55.6 Å². The van der Waals surface area contributed by atoms with Gasteiger partial charge in [-0.2, -0.15) is 4.98 Å². The Hall–Kier alpha value is -2.61. The average Bonchev–Trinajstić information content (AvgIpc) is 3.43. The highest BCUT2D eigenvalue weighted by molar-refractivity contribution is 5.75. The van der Waals surface area contributed by atoms with Crippen LogP contribution in [0, 0.1) is 0 Å². The van der Waals surface area contributed by atoms with Crippen molar-refractivity contribution in [3.63, 3.8) is 0 Å². The molecule has 1 aliphatic rings. The molecule has 1 aromatic carbocycles. The van der Waals surface area contributed by atoms with Crippen LogP contribution in [0.1, 0.15) is 63.7 Å². The summed E-state index contributed by atoms with van der Waals surface area (Å²) in [6.45, 7) is 7.85. The first-order valence-electron chi connectivity index (χ1n) is 10.9. The van der Waals surface area contributed by atoms with E-state index in [1.54, 1.807) is 7.11 Å². The van der Waals surface area contributed by atoms with Crippen molar-refractivity contribution in [3.05, 3.63) is 35.5 Å². The quantitative estimate of drug-likeness (QED) is 0.614. The van der Waals surface area contributed by atoms with Gasteiger partial charge in [0.15, 0.2) is 17.3 Å². The van der Waals surface area contributed by atoms with Crippen LogP contribution in [-0.4, -0.2) is 42.5 Å². The molecule has 8 nitrogen and oxygen atoms in total. The Morgan fingerprint density at radius 3 is 2.81 bits per heavy atom. The Bertz CT molecular complexity index is 853. The standard InChI is InChI=1S/C23H33N3O5/c1-23(2,3)22-25-21(31-26-22)9-5-8-20(27)24-14-16-10-11-18(19(13-16)28-4)30-15-17-7-6-12-29-17/h10-11,13,17H,5-9,12,14-15H2,1-4H3,(H,24,27). The molecule has 8 heteroatoms. The second-order valence-electron chi connectivity index (χ2n) is 8.82. The van der Waals surface area contributed by atoms with Gasteiger partial charge in [-0.15, -0.1) is 0 Å². The van der Waals surface area contributed by atoms with Gasteiger partial charge in [0, 0.05) is 31.4 Å². The topological polar surface area (TPSA) is 95.7 Å². The number of hydrogen-bond acceptors (Lipinski definition) is 7. The van der Waals surface area contributed by atoms with Crippen molar-refractivity contribution in [2.24, 2.45) is 0 Å². The highest BCUT2D eigenvalue weighted by Gasteiger charge is 2.21. The van der Waals surface area contributed by atoms with Crippen LogP contribution in [0.25, 0.3) is 0 Å². The number of hydrogen-bond donors (Lipinski definition) is 1. The maximum Gasteiger partial charge on any atom is 0.226 e. The first kappa shape index (κ1) is 23.1. The highest BCUT2D eigenvalue weighted by atomic mass is 16.5. The maximum atomic E-state index is 12.2. The number of amides is 1. The van der Waals surface area contributed by atoms with Gasteiger partial charge < -0.3 is 24.1 Å². The fraction of sp³-hybridized carbons (Fsp3) is 0.609. The number of nitrogens with zero attached hydrogens (tertiary/aromatic N) is 2. The molecular formula is C23H33N3O5. The first-order valence-corrected chi connectivity index (χ1v) is 10.9. The molecule has 0 radical (unpaired) electrons. The fourth-order valence-electron chi connectivity index (χ4n) is 3.25. The molecule has 1 N–H and O–H groups in total. The van der Waals surface area contributed by atoms with E-state index in [9.17, 15) is 4.79 Å². The van der Waals surface area contributed by atoms with Gasteiger partial charge >= 0.3 is 0 Å². The van der Waals surface area contributed by atoms with Crippen LogP contribution in [0.2, 0.25) is 0 Å². The van der Waals surface area contributed by atoms with Crippen LogP contribution in [0.5, 0.6) is 11.5 Å². The molecule has 0 saturated carbocycles. The van der Waals surface area contributed by atoms with Crippen LogP contribution < -0.4 is 14.8 Å². The van der Waals surface area contributed by atoms with Crippen molar-refractivity contribution in [1.29, 1.82) is 0 Å².